The average Bonchev–Trinajstić information content (AvgIpc) is 2.97. The van der Waals surface area contributed by atoms with Crippen molar-refractivity contribution in [3.63, 3.8) is 0 Å². The summed E-state index contributed by atoms with van der Waals surface area (Å²) in [4.78, 5) is 26.2. The Bertz CT molecular complexity index is 761. The van der Waals surface area contributed by atoms with Gasteiger partial charge in [-0.2, -0.15) is 0 Å². The van der Waals surface area contributed by atoms with Crippen molar-refractivity contribution in [2.45, 2.75) is 6.42 Å². The Balaban J connectivity index is 1.67. The Labute approximate surface area is 145 Å². The smallest absolute Gasteiger partial charge is 0.229 e. The zero-order chi connectivity index (χ0) is 17.1. The highest BCUT2D eigenvalue weighted by molar-refractivity contribution is 6.31. The summed E-state index contributed by atoms with van der Waals surface area (Å²) < 4.78 is 5.09. The van der Waals surface area contributed by atoms with E-state index in [4.69, 9.17) is 16.3 Å². The highest BCUT2D eigenvalue weighted by Crippen LogP contribution is 2.28. The fourth-order valence-corrected chi connectivity index (χ4v) is 2.88. The van der Waals surface area contributed by atoms with Crippen LogP contribution in [0.5, 0.6) is 5.75 Å². The fraction of sp³-hybridized carbons (Fsp3) is 0.222. The minimum Gasteiger partial charge on any atom is -0.497 e. The number of ether oxygens (including phenoxy) is 1. The predicted octanol–water partition coefficient (Wildman–Crippen LogP) is 3.34. The Kier molecular flexibility index (Phi) is 4.71. The van der Waals surface area contributed by atoms with Crippen molar-refractivity contribution < 1.29 is 14.3 Å². The molecular weight excluding hydrogens is 328 g/mol. The average molecular weight is 345 g/mol. The predicted molar refractivity (Wildman–Crippen MR) is 93.5 cm³/mol. The zero-order valence-corrected chi connectivity index (χ0v) is 13.9. The molecule has 2 aromatic rings. The third-order valence-electron chi connectivity index (χ3n) is 3.97. The van der Waals surface area contributed by atoms with Crippen molar-refractivity contribution in [3.8, 4) is 5.75 Å². The molecule has 1 N–H and O–H groups in total. The van der Waals surface area contributed by atoms with Crippen LogP contribution in [0.2, 0.25) is 5.02 Å². The molecule has 6 heteroatoms. The van der Waals surface area contributed by atoms with Gasteiger partial charge in [0.05, 0.1) is 13.0 Å². The second kappa shape index (κ2) is 6.93. The van der Waals surface area contributed by atoms with E-state index in [-0.39, 0.29) is 18.2 Å². The maximum absolute atomic E-state index is 12.4. The number of nitrogens with zero attached hydrogens (tertiary/aromatic N) is 1. The molecule has 1 saturated heterocycles. The van der Waals surface area contributed by atoms with Crippen molar-refractivity contribution in [2.75, 3.05) is 23.9 Å². The van der Waals surface area contributed by atoms with Crippen molar-refractivity contribution in [1.29, 1.82) is 0 Å². The zero-order valence-electron chi connectivity index (χ0n) is 13.2. The number of anilines is 2. The molecule has 1 heterocycles. The van der Waals surface area contributed by atoms with E-state index in [9.17, 15) is 9.59 Å². The first kappa shape index (κ1) is 16.3. The van der Waals surface area contributed by atoms with Gasteiger partial charge in [0.25, 0.3) is 0 Å². The van der Waals surface area contributed by atoms with Crippen molar-refractivity contribution in [1.82, 2.24) is 0 Å². The van der Waals surface area contributed by atoms with Crippen LogP contribution in [0.25, 0.3) is 0 Å². The van der Waals surface area contributed by atoms with Crippen LogP contribution < -0.4 is 15.0 Å². The van der Waals surface area contributed by atoms with Gasteiger partial charge in [0, 0.05) is 29.4 Å². The summed E-state index contributed by atoms with van der Waals surface area (Å²) >= 11 is 5.97. The number of rotatable bonds is 4. The second-order valence-corrected chi connectivity index (χ2v) is 6.04. The molecule has 0 bridgehead atoms. The molecule has 1 atom stereocenters. The lowest BCUT2D eigenvalue weighted by Gasteiger charge is -2.17. The molecular formula is C18H17ClN2O3. The molecule has 1 aliphatic heterocycles. The molecule has 0 unspecified atom stereocenters. The Morgan fingerprint density at radius 2 is 2.00 bits per heavy atom. The van der Waals surface area contributed by atoms with Crippen LogP contribution in [0.4, 0.5) is 11.4 Å². The van der Waals surface area contributed by atoms with Gasteiger partial charge in [-0.15, -0.1) is 0 Å². The Morgan fingerprint density at radius 3 is 2.67 bits per heavy atom. The summed E-state index contributed by atoms with van der Waals surface area (Å²) in [6.45, 7) is 0.348. The van der Waals surface area contributed by atoms with E-state index >= 15 is 0 Å². The van der Waals surface area contributed by atoms with Gasteiger partial charge in [-0.3, -0.25) is 9.59 Å². The lowest BCUT2D eigenvalue weighted by Crippen LogP contribution is -2.28. The van der Waals surface area contributed by atoms with E-state index in [1.54, 1.807) is 54.5 Å². The number of nitrogens with one attached hydrogen (secondary N) is 1. The summed E-state index contributed by atoms with van der Waals surface area (Å²) in [7, 11) is 1.59. The maximum atomic E-state index is 12.4. The summed E-state index contributed by atoms with van der Waals surface area (Å²) in [6, 6.07) is 14.2. The maximum Gasteiger partial charge on any atom is 0.229 e. The normalized spacial score (nSPS) is 17.0. The first-order valence-corrected chi connectivity index (χ1v) is 7.95. The number of hydrogen-bond acceptors (Lipinski definition) is 3. The number of methoxy groups -OCH3 is 1. The van der Waals surface area contributed by atoms with Gasteiger partial charge >= 0.3 is 0 Å². The SMILES string of the molecule is COc1ccc(NC(=O)[C@H]2CC(=O)N(c3cccc(Cl)c3)C2)cc1. The van der Waals surface area contributed by atoms with Gasteiger partial charge in [-0.1, -0.05) is 17.7 Å². The first-order valence-electron chi connectivity index (χ1n) is 7.57. The largest absolute Gasteiger partial charge is 0.497 e. The van der Waals surface area contributed by atoms with Gasteiger partial charge in [-0.05, 0) is 42.5 Å². The topological polar surface area (TPSA) is 58.6 Å². The highest BCUT2D eigenvalue weighted by Gasteiger charge is 2.35. The monoisotopic (exact) mass is 344 g/mol. The number of halogens is 1. The van der Waals surface area contributed by atoms with Crippen LogP contribution in [0.15, 0.2) is 48.5 Å². The van der Waals surface area contributed by atoms with E-state index in [0.29, 0.717) is 22.9 Å². The van der Waals surface area contributed by atoms with Crippen LogP contribution in [-0.4, -0.2) is 25.5 Å². The van der Waals surface area contributed by atoms with Gasteiger partial charge in [-0.25, -0.2) is 0 Å². The molecule has 24 heavy (non-hydrogen) atoms. The minimum absolute atomic E-state index is 0.0767. The molecule has 0 radical (unpaired) electrons. The van der Waals surface area contributed by atoms with Gasteiger partial charge < -0.3 is 15.0 Å². The number of benzene rings is 2. The van der Waals surface area contributed by atoms with Gasteiger partial charge in [0.1, 0.15) is 5.75 Å². The molecule has 3 rings (SSSR count). The summed E-state index contributed by atoms with van der Waals surface area (Å²) in [5, 5.41) is 3.40. The van der Waals surface area contributed by atoms with Crippen molar-refractivity contribution >= 4 is 34.8 Å². The molecule has 1 aliphatic rings. The molecule has 0 saturated carbocycles. The number of carbonyl (C=O) groups excluding carboxylic acids is 2. The second-order valence-electron chi connectivity index (χ2n) is 5.60. The quantitative estimate of drug-likeness (QED) is 0.925. The summed E-state index contributed by atoms with van der Waals surface area (Å²) in [6.07, 6.45) is 0.189. The van der Waals surface area contributed by atoms with Crippen LogP contribution in [0.1, 0.15) is 6.42 Å². The number of carbonyl (C=O) groups is 2. The van der Waals surface area contributed by atoms with Crippen molar-refractivity contribution in [2.24, 2.45) is 5.92 Å². The molecule has 0 aromatic heterocycles. The van der Waals surface area contributed by atoms with Crippen LogP contribution in [0.3, 0.4) is 0 Å². The summed E-state index contributed by atoms with van der Waals surface area (Å²) in [5.41, 5.74) is 1.39. The molecule has 2 aromatic carbocycles. The van der Waals surface area contributed by atoms with Crippen LogP contribution >= 0.6 is 11.6 Å². The lowest BCUT2D eigenvalue weighted by atomic mass is 10.1. The summed E-state index contributed by atoms with van der Waals surface area (Å²) in [5.74, 6) is 0.0833. The molecule has 1 fully saturated rings. The van der Waals surface area contributed by atoms with Crippen LogP contribution in [-0.2, 0) is 9.59 Å². The third-order valence-corrected chi connectivity index (χ3v) is 4.21. The number of hydrogen-bond donors (Lipinski definition) is 1. The third kappa shape index (κ3) is 3.51. The van der Waals surface area contributed by atoms with E-state index in [1.807, 2.05) is 6.07 Å². The van der Waals surface area contributed by atoms with E-state index in [0.717, 1.165) is 5.75 Å². The standard InChI is InChI=1S/C18H17ClN2O3/c1-24-16-7-5-14(6-8-16)20-18(23)12-9-17(22)21(11-12)15-4-2-3-13(19)10-15/h2-8,10,12H,9,11H2,1H3,(H,20,23)/t12-/m0/s1. The molecule has 5 nitrogen and oxygen atoms in total. The highest BCUT2D eigenvalue weighted by atomic mass is 35.5. The van der Waals surface area contributed by atoms with E-state index in [2.05, 4.69) is 5.32 Å². The van der Waals surface area contributed by atoms with Crippen LogP contribution in [0, 0.1) is 5.92 Å². The Morgan fingerprint density at radius 1 is 1.25 bits per heavy atom. The van der Waals surface area contributed by atoms with E-state index < -0.39 is 5.92 Å². The first-order chi connectivity index (χ1) is 11.6. The molecule has 124 valence electrons. The molecule has 0 spiro atoms. The Hall–Kier alpha value is -2.53. The minimum atomic E-state index is -0.390. The number of amides is 2. The molecule has 2 amide bonds. The molecule has 0 aliphatic carbocycles. The van der Waals surface area contributed by atoms with Gasteiger partial charge in [0.2, 0.25) is 11.8 Å². The fourth-order valence-electron chi connectivity index (χ4n) is 2.70. The lowest BCUT2D eigenvalue weighted by molar-refractivity contribution is -0.122. The van der Waals surface area contributed by atoms with Crippen molar-refractivity contribution in [3.05, 3.63) is 53.6 Å². The van der Waals surface area contributed by atoms with Gasteiger partial charge in [0.15, 0.2) is 0 Å². The van der Waals surface area contributed by atoms with E-state index in [1.165, 1.54) is 0 Å².